The minimum Gasteiger partial charge on any atom is -0.396 e. The van der Waals surface area contributed by atoms with Gasteiger partial charge in [-0.15, -0.1) is 0 Å². The molecule has 0 saturated heterocycles. The lowest BCUT2D eigenvalue weighted by Gasteiger charge is -2.12. The molecular weight excluding hydrogens is 382 g/mol. The minimum absolute atomic E-state index is 0.122. The zero-order chi connectivity index (χ0) is 17.5. The molecule has 2 heterocycles. The molecule has 128 valence electrons. The smallest absolute Gasteiger partial charge is 0.225 e. The van der Waals surface area contributed by atoms with Crippen LogP contribution in [0.5, 0.6) is 0 Å². The number of aliphatic hydroxyl groups excluding tert-OH is 1. The lowest BCUT2D eigenvalue weighted by atomic mass is 10.2. The number of para-hydroxylation sites is 1. The van der Waals surface area contributed by atoms with E-state index in [-0.39, 0.29) is 6.61 Å². The summed E-state index contributed by atoms with van der Waals surface area (Å²) in [4.78, 5) is 13.2. The highest BCUT2D eigenvalue weighted by molar-refractivity contribution is 9.10. The van der Waals surface area contributed by atoms with Gasteiger partial charge in [0.25, 0.3) is 0 Å². The van der Waals surface area contributed by atoms with E-state index in [1.807, 2.05) is 42.5 Å². The third-order valence-electron chi connectivity index (χ3n) is 3.44. The van der Waals surface area contributed by atoms with Crippen molar-refractivity contribution in [3.05, 3.63) is 59.3 Å². The minimum atomic E-state index is 0.122. The second-order valence-electron chi connectivity index (χ2n) is 5.31. The molecule has 0 spiro atoms. The van der Waals surface area contributed by atoms with Gasteiger partial charge >= 0.3 is 0 Å². The van der Waals surface area contributed by atoms with Crippen LogP contribution in [0.15, 0.2) is 59.3 Å². The fourth-order valence-electron chi connectivity index (χ4n) is 2.23. The van der Waals surface area contributed by atoms with Crippen molar-refractivity contribution in [1.82, 2.24) is 15.0 Å². The molecule has 0 aliphatic heterocycles. The van der Waals surface area contributed by atoms with Gasteiger partial charge in [-0.2, -0.15) is 4.98 Å². The highest BCUT2D eigenvalue weighted by atomic mass is 79.9. The van der Waals surface area contributed by atoms with Crippen molar-refractivity contribution in [3.63, 3.8) is 0 Å². The molecule has 0 aliphatic rings. The Balaban J connectivity index is 1.93. The van der Waals surface area contributed by atoms with Gasteiger partial charge in [0.1, 0.15) is 5.82 Å². The second-order valence-corrected chi connectivity index (χ2v) is 6.17. The maximum absolute atomic E-state index is 8.95. The van der Waals surface area contributed by atoms with Crippen molar-refractivity contribution in [3.8, 4) is 11.3 Å². The topological polar surface area (TPSA) is 83.0 Å². The first-order valence-electron chi connectivity index (χ1n) is 7.92. The average Bonchev–Trinajstić information content (AvgIpc) is 2.64. The zero-order valence-corrected chi connectivity index (χ0v) is 15.1. The molecular formula is C18H18BrN5O. The summed E-state index contributed by atoms with van der Waals surface area (Å²) in [5, 5.41) is 15.4. The molecule has 0 aliphatic carbocycles. The van der Waals surface area contributed by atoms with Crippen LogP contribution in [-0.2, 0) is 0 Å². The number of aromatic nitrogens is 3. The fourth-order valence-corrected chi connectivity index (χ4v) is 2.62. The third kappa shape index (κ3) is 4.74. The van der Waals surface area contributed by atoms with Gasteiger partial charge in [-0.05, 0) is 46.6 Å². The van der Waals surface area contributed by atoms with E-state index in [0.29, 0.717) is 24.7 Å². The van der Waals surface area contributed by atoms with Crippen molar-refractivity contribution in [1.29, 1.82) is 0 Å². The number of hydrogen-bond donors (Lipinski definition) is 3. The summed E-state index contributed by atoms with van der Waals surface area (Å²) in [7, 11) is 0. The summed E-state index contributed by atoms with van der Waals surface area (Å²) >= 11 is 3.53. The Bertz CT molecular complexity index is 829. The van der Waals surface area contributed by atoms with Gasteiger partial charge in [-0.25, -0.2) is 4.98 Å². The Morgan fingerprint density at radius 1 is 1.08 bits per heavy atom. The maximum atomic E-state index is 8.95. The Kier molecular flexibility index (Phi) is 5.92. The van der Waals surface area contributed by atoms with Gasteiger partial charge in [-0.3, -0.25) is 4.98 Å². The fraction of sp³-hybridized carbons (Fsp3) is 0.167. The van der Waals surface area contributed by atoms with Crippen LogP contribution in [0.1, 0.15) is 6.42 Å². The second kappa shape index (κ2) is 8.55. The number of hydrogen-bond acceptors (Lipinski definition) is 6. The molecule has 3 N–H and O–H groups in total. The number of nitrogens with zero attached hydrogens (tertiary/aromatic N) is 3. The number of nitrogens with one attached hydrogen (secondary N) is 2. The Labute approximate surface area is 154 Å². The monoisotopic (exact) mass is 399 g/mol. The summed E-state index contributed by atoms with van der Waals surface area (Å²) in [5.41, 5.74) is 2.59. The van der Waals surface area contributed by atoms with E-state index in [4.69, 9.17) is 5.11 Å². The summed E-state index contributed by atoms with van der Waals surface area (Å²) in [6.07, 6.45) is 4.13. The van der Waals surface area contributed by atoms with Crippen molar-refractivity contribution < 1.29 is 5.11 Å². The molecule has 0 fully saturated rings. The number of pyridine rings is 1. The van der Waals surface area contributed by atoms with Gasteiger partial charge in [0.05, 0.1) is 11.4 Å². The van der Waals surface area contributed by atoms with Crippen LogP contribution >= 0.6 is 15.9 Å². The molecule has 1 aromatic carbocycles. The molecule has 0 saturated carbocycles. The van der Waals surface area contributed by atoms with E-state index in [1.54, 1.807) is 12.4 Å². The molecule has 6 nitrogen and oxygen atoms in total. The van der Waals surface area contributed by atoms with Crippen LogP contribution < -0.4 is 10.6 Å². The van der Waals surface area contributed by atoms with Crippen molar-refractivity contribution >= 4 is 33.4 Å². The van der Waals surface area contributed by atoms with Crippen LogP contribution in [0, 0.1) is 0 Å². The number of rotatable bonds is 7. The molecule has 2 aromatic heterocycles. The standard InChI is InChI=1S/C18H18BrN5O/c19-14-6-1-2-7-15(14)22-17-11-16(13-5-3-8-20-12-13)23-18(24-17)21-9-4-10-25/h1-3,5-8,11-12,25H,4,9-10H2,(H2,21,22,23,24). The first-order valence-corrected chi connectivity index (χ1v) is 8.71. The third-order valence-corrected chi connectivity index (χ3v) is 4.13. The summed E-state index contributed by atoms with van der Waals surface area (Å²) in [6, 6.07) is 13.6. The normalized spacial score (nSPS) is 10.5. The largest absolute Gasteiger partial charge is 0.396 e. The lowest BCUT2D eigenvalue weighted by Crippen LogP contribution is -2.08. The molecule has 0 bridgehead atoms. The predicted molar refractivity (Wildman–Crippen MR) is 103 cm³/mol. The van der Waals surface area contributed by atoms with E-state index in [0.717, 1.165) is 21.4 Å². The summed E-state index contributed by atoms with van der Waals surface area (Å²) in [5.74, 6) is 1.18. The van der Waals surface area contributed by atoms with Crippen molar-refractivity contribution in [2.24, 2.45) is 0 Å². The molecule has 0 atom stereocenters. The highest BCUT2D eigenvalue weighted by Crippen LogP contribution is 2.27. The molecule has 3 aromatic rings. The molecule has 0 radical (unpaired) electrons. The zero-order valence-electron chi connectivity index (χ0n) is 13.5. The number of benzene rings is 1. The molecule has 25 heavy (non-hydrogen) atoms. The van der Waals surface area contributed by atoms with Crippen LogP contribution in [0.3, 0.4) is 0 Å². The molecule has 3 rings (SSSR count). The van der Waals surface area contributed by atoms with E-state index in [2.05, 4.69) is 41.5 Å². The van der Waals surface area contributed by atoms with Crippen LogP contribution in [-0.4, -0.2) is 33.2 Å². The SMILES string of the molecule is OCCCNc1nc(Nc2ccccc2Br)cc(-c2cccnc2)n1. The number of aliphatic hydroxyl groups is 1. The first kappa shape index (κ1) is 17.3. The maximum Gasteiger partial charge on any atom is 0.225 e. The predicted octanol–water partition coefficient (Wildman–Crippen LogP) is 3.84. The molecule has 0 amide bonds. The Hall–Kier alpha value is -2.51. The van der Waals surface area contributed by atoms with Crippen molar-refractivity contribution in [2.75, 3.05) is 23.8 Å². The van der Waals surface area contributed by atoms with Gasteiger partial charge in [0.2, 0.25) is 5.95 Å². The molecule has 7 heteroatoms. The van der Waals surface area contributed by atoms with Crippen LogP contribution in [0.4, 0.5) is 17.5 Å². The van der Waals surface area contributed by atoms with E-state index >= 15 is 0 Å². The highest BCUT2D eigenvalue weighted by Gasteiger charge is 2.08. The van der Waals surface area contributed by atoms with E-state index in [9.17, 15) is 0 Å². The van der Waals surface area contributed by atoms with Gasteiger partial charge in [-0.1, -0.05) is 12.1 Å². The molecule has 0 unspecified atom stereocenters. The first-order chi connectivity index (χ1) is 12.3. The quantitative estimate of drug-likeness (QED) is 0.523. The van der Waals surface area contributed by atoms with Crippen molar-refractivity contribution in [2.45, 2.75) is 6.42 Å². The summed E-state index contributed by atoms with van der Waals surface area (Å²) in [6.45, 7) is 0.721. The number of halogens is 1. The van der Waals surface area contributed by atoms with Gasteiger partial charge < -0.3 is 15.7 Å². The van der Waals surface area contributed by atoms with Gasteiger partial charge in [0.15, 0.2) is 0 Å². The average molecular weight is 400 g/mol. The van der Waals surface area contributed by atoms with Crippen LogP contribution in [0.2, 0.25) is 0 Å². The summed E-state index contributed by atoms with van der Waals surface area (Å²) < 4.78 is 0.950. The van der Waals surface area contributed by atoms with Crippen LogP contribution in [0.25, 0.3) is 11.3 Å². The Morgan fingerprint density at radius 2 is 1.96 bits per heavy atom. The lowest BCUT2D eigenvalue weighted by molar-refractivity contribution is 0.292. The van der Waals surface area contributed by atoms with E-state index in [1.165, 1.54) is 0 Å². The van der Waals surface area contributed by atoms with E-state index < -0.39 is 0 Å². The number of anilines is 3. The Morgan fingerprint density at radius 3 is 2.72 bits per heavy atom. The van der Waals surface area contributed by atoms with Gasteiger partial charge in [0, 0.05) is 41.6 Å².